The molecule has 0 unspecified atom stereocenters. The molecule has 1 aromatic heterocycles. The lowest BCUT2D eigenvalue weighted by Gasteiger charge is -2.13. The third kappa shape index (κ3) is 5.13. The monoisotopic (exact) mass is 376 g/mol. The third-order valence-corrected chi connectivity index (χ3v) is 3.49. The normalized spacial score (nSPS) is 13.9. The maximum Gasteiger partial charge on any atom is 0.390 e. The van der Waals surface area contributed by atoms with Gasteiger partial charge in [0.25, 0.3) is 0 Å². The first kappa shape index (κ1) is 15.7. The van der Waals surface area contributed by atoms with Crippen LogP contribution in [0.15, 0.2) is 6.20 Å². The van der Waals surface area contributed by atoms with Crippen LogP contribution in [0.1, 0.15) is 32.4 Å². The quantitative estimate of drug-likeness (QED) is 0.708. The molecule has 0 spiro atoms. The number of hydrogen-bond donors (Lipinski definition) is 0. The molecule has 0 saturated heterocycles. The van der Waals surface area contributed by atoms with Gasteiger partial charge in [0.05, 0.1) is 34.6 Å². The number of nitrogens with zero attached hydrogens (tertiary/aromatic N) is 2. The van der Waals surface area contributed by atoms with E-state index >= 15 is 0 Å². The summed E-state index contributed by atoms with van der Waals surface area (Å²) >= 11 is 2.06. The predicted octanol–water partition coefficient (Wildman–Crippen LogP) is 3.76. The summed E-state index contributed by atoms with van der Waals surface area (Å²) in [4.78, 5) is 0. The molecule has 0 aliphatic heterocycles. The Bertz CT molecular complexity index is 379. The largest absolute Gasteiger partial charge is 0.390 e. The van der Waals surface area contributed by atoms with Crippen LogP contribution in [0.2, 0.25) is 0 Å². The molecule has 0 saturated carbocycles. The summed E-state index contributed by atoms with van der Waals surface area (Å²) in [6.45, 7) is 4.07. The van der Waals surface area contributed by atoms with Crippen LogP contribution >= 0.6 is 22.6 Å². The smallest absolute Gasteiger partial charge is 0.372 e. The summed E-state index contributed by atoms with van der Waals surface area (Å²) in [5.41, 5.74) is 0.708. The molecule has 0 aliphatic rings. The van der Waals surface area contributed by atoms with Crippen molar-refractivity contribution in [2.24, 2.45) is 0 Å². The lowest BCUT2D eigenvalue weighted by atomic mass is 10.3. The molecule has 1 atom stereocenters. The van der Waals surface area contributed by atoms with E-state index in [2.05, 4.69) is 27.7 Å². The zero-order chi connectivity index (χ0) is 13.8. The van der Waals surface area contributed by atoms with E-state index in [0.29, 0.717) is 12.3 Å². The van der Waals surface area contributed by atoms with Crippen molar-refractivity contribution in [2.45, 2.75) is 52.1 Å². The van der Waals surface area contributed by atoms with E-state index in [1.165, 1.54) is 4.68 Å². The van der Waals surface area contributed by atoms with Crippen LogP contribution in [0.3, 0.4) is 0 Å². The highest BCUT2D eigenvalue weighted by Gasteiger charge is 2.27. The molecule has 0 N–H and O–H groups in total. The van der Waals surface area contributed by atoms with Gasteiger partial charge in [-0.3, -0.25) is 4.68 Å². The Balaban J connectivity index is 2.63. The fraction of sp³-hybridized carbons (Fsp3) is 0.727. The van der Waals surface area contributed by atoms with E-state index in [9.17, 15) is 13.2 Å². The van der Waals surface area contributed by atoms with Gasteiger partial charge in [0, 0.05) is 6.54 Å². The van der Waals surface area contributed by atoms with E-state index in [1.54, 1.807) is 6.20 Å². The Morgan fingerprint density at radius 2 is 2.17 bits per heavy atom. The molecular formula is C11H16F3IN2O. The van der Waals surface area contributed by atoms with E-state index < -0.39 is 12.6 Å². The van der Waals surface area contributed by atoms with Crippen LogP contribution in [-0.4, -0.2) is 22.1 Å². The summed E-state index contributed by atoms with van der Waals surface area (Å²) in [5, 5.41) is 3.95. The summed E-state index contributed by atoms with van der Waals surface area (Å²) in [6, 6.07) is 0. The van der Waals surface area contributed by atoms with Gasteiger partial charge in [0.1, 0.15) is 0 Å². The molecule has 0 aromatic carbocycles. The first-order valence-electron chi connectivity index (χ1n) is 5.72. The molecule has 1 heterocycles. The van der Waals surface area contributed by atoms with Crippen LogP contribution < -0.4 is 0 Å². The lowest BCUT2D eigenvalue weighted by Crippen LogP contribution is -2.16. The number of hydrogen-bond acceptors (Lipinski definition) is 2. The van der Waals surface area contributed by atoms with E-state index in [0.717, 1.165) is 9.99 Å². The summed E-state index contributed by atoms with van der Waals surface area (Å²) in [7, 11) is 0. The minimum absolute atomic E-state index is 0.0896. The number of rotatable bonds is 6. The number of halogens is 4. The first-order chi connectivity index (χ1) is 8.33. The molecule has 0 radical (unpaired) electrons. The fourth-order valence-corrected chi connectivity index (χ4v) is 1.85. The van der Waals surface area contributed by atoms with Gasteiger partial charge in [-0.25, -0.2) is 0 Å². The van der Waals surface area contributed by atoms with E-state index in [-0.39, 0.29) is 12.6 Å². The molecule has 0 amide bonds. The van der Waals surface area contributed by atoms with Crippen molar-refractivity contribution >= 4 is 22.6 Å². The number of alkyl halides is 3. The van der Waals surface area contributed by atoms with Gasteiger partial charge in [-0.1, -0.05) is 6.92 Å². The highest BCUT2D eigenvalue weighted by Crippen LogP contribution is 2.22. The zero-order valence-corrected chi connectivity index (χ0v) is 12.5. The van der Waals surface area contributed by atoms with Crippen LogP contribution in [0.25, 0.3) is 0 Å². The molecular weight excluding hydrogens is 360 g/mol. The second-order valence-corrected chi connectivity index (χ2v) is 5.22. The van der Waals surface area contributed by atoms with Gasteiger partial charge in [0.15, 0.2) is 0 Å². The van der Waals surface area contributed by atoms with E-state index in [1.807, 2.05) is 13.8 Å². The molecule has 1 aromatic rings. The Hall–Kier alpha value is -0.310. The Morgan fingerprint density at radius 1 is 1.50 bits per heavy atom. The SMILES string of the molecule is CC[C@H](C)OCc1c(I)cnn1CCC(F)(F)F. The molecule has 3 nitrogen and oxygen atoms in total. The van der Waals surface area contributed by atoms with Crippen LogP contribution in [-0.2, 0) is 17.9 Å². The molecule has 0 aliphatic carbocycles. The number of ether oxygens (including phenoxy) is 1. The zero-order valence-electron chi connectivity index (χ0n) is 10.3. The third-order valence-electron chi connectivity index (χ3n) is 2.58. The number of aryl methyl sites for hydroxylation is 1. The Kier molecular flexibility index (Phi) is 5.90. The van der Waals surface area contributed by atoms with E-state index in [4.69, 9.17) is 4.74 Å². The minimum Gasteiger partial charge on any atom is -0.372 e. The topological polar surface area (TPSA) is 27.1 Å². The molecule has 1 rings (SSSR count). The average Bonchev–Trinajstić information content (AvgIpc) is 2.63. The van der Waals surface area contributed by atoms with Crippen molar-refractivity contribution in [3.63, 3.8) is 0 Å². The second-order valence-electron chi connectivity index (χ2n) is 4.06. The van der Waals surface area contributed by atoms with Gasteiger partial charge < -0.3 is 4.74 Å². The Labute approximate surface area is 118 Å². The standard InChI is InChI=1S/C11H16F3IN2O/c1-3-8(2)18-7-10-9(15)6-16-17(10)5-4-11(12,13)14/h6,8H,3-5,7H2,1-2H3/t8-/m0/s1. The van der Waals surface area contributed by atoms with Gasteiger partial charge >= 0.3 is 6.18 Å². The second kappa shape index (κ2) is 6.74. The molecule has 104 valence electrons. The predicted molar refractivity (Wildman–Crippen MR) is 70.2 cm³/mol. The summed E-state index contributed by atoms with van der Waals surface area (Å²) < 4.78 is 44.3. The van der Waals surface area contributed by atoms with Crippen molar-refractivity contribution in [3.05, 3.63) is 15.5 Å². The van der Waals surface area contributed by atoms with Gasteiger partial charge in [-0.05, 0) is 35.9 Å². The molecule has 0 fully saturated rings. The first-order valence-corrected chi connectivity index (χ1v) is 6.80. The highest BCUT2D eigenvalue weighted by atomic mass is 127. The number of aromatic nitrogens is 2. The summed E-state index contributed by atoms with van der Waals surface area (Å²) in [6.07, 6.45) is -2.51. The lowest BCUT2D eigenvalue weighted by molar-refractivity contribution is -0.137. The van der Waals surface area contributed by atoms with Crippen LogP contribution in [0.5, 0.6) is 0 Å². The highest BCUT2D eigenvalue weighted by molar-refractivity contribution is 14.1. The Morgan fingerprint density at radius 3 is 2.72 bits per heavy atom. The molecule has 0 bridgehead atoms. The fourth-order valence-electron chi connectivity index (χ4n) is 1.30. The van der Waals surface area contributed by atoms with Crippen molar-refractivity contribution in [1.82, 2.24) is 9.78 Å². The van der Waals surface area contributed by atoms with Crippen molar-refractivity contribution in [1.29, 1.82) is 0 Å². The summed E-state index contributed by atoms with van der Waals surface area (Å²) in [5.74, 6) is 0. The van der Waals surface area contributed by atoms with Crippen molar-refractivity contribution < 1.29 is 17.9 Å². The molecule has 7 heteroatoms. The van der Waals surface area contributed by atoms with Gasteiger partial charge in [0.2, 0.25) is 0 Å². The van der Waals surface area contributed by atoms with Crippen molar-refractivity contribution in [2.75, 3.05) is 0 Å². The maximum atomic E-state index is 12.2. The minimum atomic E-state index is -4.16. The molecule has 18 heavy (non-hydrogen) atoms. The van der Waals surface area contributed by atoms with Gasteiger partial charge in [-0.2, -0.15) is 18.3 Å². The maximum absolute atomic E-state index is 12.2. The van der Waals surface area contributed by atoms with Crippen molar-refractivity contribution in [3.8, 4) is 0 Å². The average molecular weight is 376 g/mol. The van der Waals surface area contributed by atoms with Gasteiger partial charge in [-0.15, -0.1) is 0 Å². The van der Waals surface area contributed by atoms with Crippen LogP contribution in [0.4, 0.5) is 13.2 Å². The van der Waals surface area contributed by atoms with Crippen LogP contribution in [0, 0.1) is 3.57 Å².